The normalized spacial score (nSPS) is 12.3. The first-order chi connectivity index (χ1) is 11.7. The molecular formula is C20H22N2OS. The number of aryl methyl sites for hydroxylation is 1. The van der Waals surface area contributed by atoms with Gasteiger partial charge in [-0.2, -0.15) is 0 Å². The quantitative estimate of drug-likeness (QED) is 0.668. The Morgan fingerprint density at radius 2 is 1.79 bits per heavy atom. The highest BCUT2D eigenvalue weighted by Crippen LogP contribution is 2.34. The Hall–Kier alpha value is -2.04. The van der Waals surface area contributed by atoms with Crippen molar-refractivity contribution in [1.82, 2.24) is 9.55 Å². The van der Waals surface area contributed by atoms with E-state index in [2.05, 4.69) is 71.9 Å². The maximum Gasteiger partial charge on any atom is 0.169 e. The summed E-state index contributed by atoms with van der Waals surface area (Å²) in [4.78, 5) is 4.58. The van der Waals surface area contributed by atoms with Crippen molar-refractivity contribution in [1.29, 1.82) is 0 Å². The molecule has 0 fully saturated rings. The van der Waals surface area contributed by atoms with Gasteiger partial charge in [0.1, 0.15) is 0 Å². The van der Waals surface area contributed by atoms with Crippen molar-refractivity contribution in [3.63, 3.8) is 0 Å². The van der Waals surface area contributed by atoms with E-state index in [1.807, 2.05) is 12.3 Å². The van der Waals surface area contributed by atoms with E-state index in [-0.39, 0.29) is 6.61 Å². The summed E-state index contributed by atoms with van der Waals surface area (Å²) in [5.74, 6) is 0. The van der Waals surface area contributed by atoms with Crippen molar-refractivity contribution < 1.29 is 5.11 Å². The lowest BCUT2D eigenvalue weighted by molar-refractivity contribution is 0.277. The highest BCUT2D eigenvalue weighted by atomic mass is 32.2. The Bertz CT molecular complexity index is 781. The van der Waals surface area contributed by atoms with Gasteiger partial charge in [-0.05, 0) is 25.0 Å². The molecule has 0 amide bonds. The van der Waals surface area contributed by atoms with Gasteiger partial charge in [0.2, 0.25) is 0 Å². The number of aliphatic hydroxyl groups excluding tert-OH is 1. The molecule has 1 heterocycles. The van der Waals surface area contributed by atoms with E-state index in [0.29, 0.717) is 10.9 Å². The number of imidazole rings is 1. The summed E-state index contributed by atoms with van der Waals surface area (Å²) in [6.45, 7) is 5.00. The van der Waals surface area contributed by atoms with Crippen LogP contribution in [0.4, 0.5) is 0 Å². The molecule has 0 radical (unpaired) electrons. The Morgan fingerprint density at radius 3 is 2.46 bits per heavy atom. The van der Waals surface area contributed by atoms with E-state index in [1.54, 1.807) is 11.8 Å². The summed E-state index contributed by atoms with van der Waals surface area (Å²) in [6, 6.07) is 19.0. The monoisotopic (exact) mass is 338 g/mol. The average molecular weight is 338 g/mol. The van der Waals surface area contributed by atoms with Gasteiger partial charge in [-0.15, -0.1) is 0 Å². The van der Waals surface area contributed by atoms with Crippen LogP contribution in [0.25, 0.3) is 0 Å². The molecule has 0 spiro atoms. The van der Waals surface area contributed by atoms with Crippen LogP contribution in [0, 0.1) is 6.92 Å². The molecule has 1 N–H and O–H groups in total. The fourth-order valence-corrected chi connectivity index (χ4v) is 3.61. The predicted octanol–water partition coefficient (Wildman–Crippen LogP) is 4.59. The molecule has 0 aliphatic carbocycles. The minimum absolute atomic E-state index is 0.0336. The van der Waals surface area contributed by atoms with E-state index in [0.717, 1.165) is 11.7 Å². The molecule has 3 rings (SSSR count). The SMILES string of the molecule is Cc1ccc(Cn2cc(CO)nc2S[C@@H](C)c2ccccc2)cc1. The van der Waals surface area contributed by atoms with Gasteiger partial charge in [-0.25, -0.2) is 4.98 Å². The molecule has 2 aromatic carbocycles. The molecule has 4 heteroatoms. The highest BCUT2D eigenvalue weighted by molar-refractivity contribution is 7.99. The summed E-state index contributed by atoms with van der Waals surface area (Å²) in [7, 11) is 0. The van der Waals surface area contributed by atoms with Gasteiger partial charge in [0.25, 0.3) is 0 Å². The van der Waals surface area contributed by atoms with Gasteiger partial charge in [0.15, 0.2) is 5.16 Å². The van der Waals surface area contributed by atoms with Crippen molar-refractivity contribution in [3.05, 3.63) is 83.2 Å². The first-order valence-electron chi connectivity index (χ1n) is 8.10. The lowest BCUT2D eigenvalue weighted by atomic mass is 10.1. The topological polar surface area (TPSA) is 38.0 Å². The van der Waals surface area contributed by atoms with Crippen LogP contribution < -0.4 is 0 Å². The molecule has 124 valence electrons. The van der Waals surface area contributed by atoms with E-state index in [1.165, 1.54) is 16.7 Å². The number of aromatic nitrogens is 2. The lowest BCUT2D eigenvalue weighted by Gasteiger charge is -2.13. The number of aliphatic hydroxyl groups is 1. The minimum atomic E-state index is -0.0336. The van der Waals surface area contributed by atoms with Crippen molar-refractivity contribution in [2.24, 2.45) is 0 Å². The number of nitrogens with zero attached hydrogens (tertiary/aromatic N) is 2. The van der Waals surface area contributed by atoms with Crippen molar-refractivity contribution in [3.8, 4) is 0 Å². The smallest absolute Gasteiger partial charge is 0.169 e. The molecule has 3 nitrogen and oxygen atoms in total. The molecule has 0 unspecified atom stereocenters. The Labute approximate surface area is 147 Å². The second-order valence-corrected chi connectivity index (χ2v) is 7.27. The molecule has 0 saturated heterocycles. The van der Waals surface area contributed by atoms with E-state index < -0.39 is 0 Å². The Balaban J connectivity index is 1.82. The second-order valence-electron chi connectivity index (χ2n) is 5.96. The zero-order valence-corrected chi connectivity index (χ0v) is 14.8. The van der Waals surface area contributed by atoms with Crippen LogP contribution in [0.2, 0.25) is 0 Å². The van der Waals surface area contributed by atoms with Gasteiger partial charge in [-0.3, -0.25) is 0 Å². The van der Waals surface area contributed by atoms with Crippen molar-refractivity contribution >= 4 is 11.8 Å². The maximum atomic E-state index is 9.44. The van der Waals surface area contributed by atoms with Gasteiger partial charge >= 0.3 is 0 Å². The summed E-state index contributed by atoms with van der Waals surface area (Å²) in [5.41, 5.74) is 4.48. The number of rotatable bonds is 6. The third kappa shape index (κ3) is 4.08. The van der Waals surface area contributed by atoms with Gasteiger partial charge in [-0.1, -0.05) is 71.9 Å². The Kier molecular flexibility index (Phi) is 5.38. The van der Waals surface area contributed by atoms with Crippen LogP contribution in [0.5, 0.6) is 0 Å². The van der Waals surface area contributed by atoms with Crippen LogP contribution in [0.15, 0.2) is 66.0 Å². The highest BCUT2D eigenvalue weighted by Gasteiger charge is 2.14. The third-order valence-corrected chi connectivity index (χ3v) is 5.14. The van der Waals surface area contributed by atoms with Crippen LogP contribution in [-0.2, 0) is 13.2 Å². The van der Waals surface area contributed by atoms with Crippen molar-refractivity contribution in [2.45, 2.75) is 37.4 Å². The molecule has 24 heavy (non-hydrogen) atoms. The summed E-state index contributed by atoms with van der Waals surface area (Å²) in [5, 5.41) is 10.7. The largest absolute Gasteiger partial charge is 0.390 e. The lowest BCUT2D eigenvalue weighted by Crippen LogP contribution is -2.01. The van der Waals surface area contributed by atoms with E-state index >= 15 is 0 Å². The van der Waals surface area contributed by atoms with E-state index in [4.69, 9.17) is 0 Å². The Morgan fingerprint density at radius 1 is 1.08 bits per heavy atom. The van der Waals surface area contributed by atoms with Gasteiger partial charge in [0, 0.05) is 18.0 Å². The number of hydrogen-bond donors (Lipinski definition) is 1. The molecule has 0 bridgehead atoms. The average Bonchev–Trinajstić information content (AvgIpc) is 2.99. The van der Waals surface area contributed by atoms with Crippen LogP contribution in [0.3, 0.4) is 0 Å². The molecular weight excluding hydrogens is 316 g/mol. The minimum Gasteiger partial charge on any atom is -0.390 e. The second kappa shape index (κ2) is 7.69. The first-order valence-corrected chi connectivity index (χ1v) is 8.97. The molecule has 0 saturated carbocycles. The number of hydrogen-bond acceptors (Lipinski definition) is 3. The fourth-order valence-electron chi connectivity index (χ4n) is 2.57. The number of thioether (sulfide) groups is 1. The third-order valence-electron chi connectivity index (χ3n) is 3.98. The molecule has 0 aliphatic rings. The summed E-state index contributed by atoms with van der Waals surface area (Å²) < 4.78 is 2.13. The molecule has 0 aliphatic heterocycles. The van der Waals surface area contributed by atoms with Crippen LogP contribution in [0.1, 0.15) is 34.6 Å². The standard InChI is InChI=1S/C20H22N2OS/c1-15-8-10-17(11-9-15)12-22-13-19(14-23)21-20(22)24-16(2)18-6-4-3-5-7-18/h3-11,13,16,23H,12,14H2,1-2H3/t16-/m0/s1. The maximum absolute atomic E-state index is 9.44. The van der Waals surface area contributed by atoms with Crippen LogP contribution in [-0.4, -0.2) is 14.7 Å². The van der Waals surface area contributed by atoms with E-state index in [9.17, 15) is 5.11 Å². The number of benzene rings is 2. The molecule has 3 aromatic rings. The first kappa shape index (κ1) is 16.8. The van der Waals surface area contributed by atoms with Gasteiger partial charge < -0.3 is 9.67 Å². The molecule has 1 aromatic heterocycles. The summed E-state index contributed by atoms with van der Waals surface area (Å²) >= 11 is 1.72. The van der Waals surface area contributed by atoms with Crippen LogP contribution >= 0.6 is 11.8 Å². The summed E-state index contributed by atoms with van der Waals surface area (Å²) in [6.07, 6.45) is 1.94. The predicted molar refractivity (Wildman–Crippen MR) is 99.1 cm³/mol. The molecule has 1 atom stereocenters. The van der Waals surface area contributed by atoms with Gasteiger partial charge in [0.05, 0.1) is 12.3 Å². The zero-order valence-electron chi connectivity index (χ0n) is 14.0. The fraction of sp³-hybridized carbons (Fsp3) is 0.250. The zero-order chi connectivity index (χ0) is 16.9. The van der Waals surface area contributed by atoms with Crippen molar-refractivity contribution in [2.75, 3.05) is 0 Å².